The molecular weight excluding hydrogens is 284 g/mol. The molecular formula is C14H17F2NO4. The molecule has 5 nitrogen and oxygen atoms in total. The Bertz CT molecular complexity index is 504. The second kappa shape index (κ2) is 6.93. The summed E-state index contributed by atoms with van der Waals surface area (Å²) in [5, 5.41) is 2.55. The van der Waals surface area contributed by atoms with Crippen LogP contribution in [-0.2, 0) is 25.5 Å². The quantitative estimate of drug-likeness (QED) is 0.862. The highest BCUT2D eigenvalue weighted by Crippen LogP contribution is 2.23. The molecule has 0 aromatic heterocycles. The maximum atomic E-state index is 13.4. The molecule has 1 heterocycles. The minimum atomic E-state index is -1.08. The third-order valence-corrected chi connectivity index (χ3v) is 3.10. The number of nitrogens with one attached hydrogen (secondary N) is 1. The Hall–Kier alpha value is -1.57. The fraction of sp³-hybridized carbons (Fsp3) is 0.500. The van der Waals surface area contributed by atoms with Crippen LogP contribution in [0.25, 0.3) is 0 Å². The van der Waals surface area contributed by atoms with Crippen molar-refractivity contribution in [3.05, 3.63) is 35.4 Å². The molecule has 0 unspecified atom stereocenters. The second-order valence-electron chi connectivity index (χ2n) is 4.73. The number of amides is 1. The van der Waals surface area contributed by atoms with E-state index in [4.69, 9.17) is 14.2 Å². The Balaban J connectivity index is 1.89. The van der Waals surface area contributed by atoms with Crippen molar-refractivity contribution >= 4 is 5.91 Å². The van der Waals surface area contributed by atoms with Crippen LogP contribution in [0, 0.1) is 11.6 Å². The van der Waals surface area contributed by atoms with Gasteiger partial charge in [-0.3, -0.25) is 4.79 Å². The smallest absolute Gasteiger partial charge is 0.225 e. The predicted molar refractivity (Wildman–Crippen MR) is 69.3 cm³/mol. The number of halogens is 2. The molecule has 116 valence electrons. The summed E-state index contributed by atoms with van der Waals surface area (Å²) in [6.07, 6.45) is -0.0519. The largest absolute Gasteiger partial charge is 0.379 e. The van der Waals surface area contributed by atoms with Crippen LogP contribution in [0.1, 0.15) is 12.0 Å². The number of ether oxygens (including phenoxy) is 3. The minimum absolute atomic E-state index is 0.0337. The van der Waals surface area contributed by atoms with Crippen molar-refractivity contribution in [2.24, 2.45) is 0 Å². The highest BCUT2D eigenvalue weighted by atomic mass is 19.1. The number of hydrogen-bond acceptors (Lipinski definition) is 4. The van der Waals surface area contributed by atoms with Crippen LogP contribution in [0.4, 0.5) is 8.78 Å². The third kappa shape index (κ3) is 4.20. The third-order valence-electron chi connectivity index (χ3n) is 3.10. The van der Waals surface area contributed by atoms with Gasteiger partial charge in [0.15, 0.2) is 0 Å². The second-order valence-corrected chi connectivity index (χ2v) is 4.73. The van der Waals surface area contributed by atoms with Gasteiger partial charge in [-0.25, -0.2) is 8.78 Å². The lowest BCUT2D eigenvalue weighted by atomic mass is 10.1. The van der Waals surface area contributed by atoms with E-state index in [-0.39, 0.29) is 31.0 Å². The summed E-state index contributed by atoms with van der Waals surface area (Å²) in [7, 11) is 1.48. The fourth-order valence-corrected chi connectivity index (χ4v) is 2.12. The Kier molecular flexibility index (Phi) is 5.22. The molecule has 0 saturated carbocycles. The van der Waals surface area contributed by atoms with Gasteiger partial charge in [0.05, 0.1) is 19.6 Å². The number of methoxy groups -OCH3 is 1. The molecule has 1 N–H and O–H groups in total. The van der Waals surface area contributed by atoms with Crippen LogP contribution in [0.2, 0.25) is 0 Å². The van der Waals surface area contributed by atoms with Gasteiger partial charge in [0.25, 0.3) is 0 Å². The lowest BCUT2D eigenvalue weighted by Crippen LogP contribution is -2.41. The number of benzene rings is 1. The van der Waals surface area contributed by atoms with Gasteiger partial charge < -0.3 is 19.5 Å². The molecule has 2 rings (SSSR count). The van der Waals surface area contributed by atoms with E-state index in [1.807, 2.05) is 0 Å². The van der Waals surface area contributed by atoms with Crippen LogP contribution in [-0.4, -0.2) is 38.6 Å². The first-order chi connectivity index (χ1) is 10.0. The van der Waals surface area contributed by atoms with Crippen LogP contribution in [0.15, 0.2) is 18.2 Å². The lowest BCUT2D eigenvalue weighted by molar-refractivity contribution is -0.194. The molecule has 7 heteroatoms. The van der Waals surface area contributed by atoms with Crippen molar-refractivity contribution < 1.29 is 27.8 Å². The molecule has 0 atom stereocenters. The summed E-state index contributed by atoms with van der Waals surface area (Å²) in [4.78, 5) is 11.9. The normalized spacial score (nSPS) is 16.9. The number of hydrogen-bond donors (Lipinski definition) is 1. The first-order valence-corrected chi connectivity index (χ1v) is 6.52. The Morgan fingerprint density at radius 1 is 1.38 bits per heavy atom. The summed E-state index contributed by atoms with van der Waals surface area (Å²) in [5.74, 6) is -2.80. The van der Waals surface area contributed by atoms with E-state index in [0.717, 1.165) is 12.1 Å². The number of carbonyl (C=O) groups excluding carboxylic acids is 1. The summed E-state index contributed by atoms with van der Waals surface area (Å²) in [5.41, 5.74) is 0.207. The average Bonchev–Trinajstić information content (AvgIpc) is 2.86. The van der Waals surface area contributed by atoms with E-state index in [1.165, 1.54) is 13.2 Å². The maximum Gasteiger partial charge on any atom is 0.225 e. The van der Waals surface area contributed by atoms with Crippen molar-refractivity contribution in [2.75, 3.05) is 26.9 Å². The summed E-state index contributed by atoms with van der Waals surface area (Å²) in [6, 6.07) is 3.20. The Morgan fingerprint density at radius 3 is 2.71 bits per heavy atom. The highest BCUT2D eigenvalue weighted by molar-refractivity contribution is 5.76. The van der Waals surface area contributed by atoms with Gasteiger partial charge in [0.1, 0.15) is 18.2 Å². The van der Waals surface area contributed by atoms with Crippen molar-refractivity contribution in [2.45, 2.75) is 18.8 Å². The molecule has 0 bridgehead atoms. The molecule has 0 aliphatic carbocycles. The van der Waals surface area contributed by atoms with E-state index in [9.17, 15) is 13.6 Å². The predicted octanol–water partition coefficient (Wildman–Crippen LogP) is 1.36. The zero-order valence-electron chi connectivity index (χ0n) is 11.7. The Labute approximate surface area is 121 Å². The fourth-order valence-electron chi connectivity index (χ4n) is 2.12. The van der Waals surface area contributed by atoms with Crippen molar-refractivity contribution in [3.8, 4) is 0 Å². The van der Waals surface area contributed by atoms with Gasteiger partial charge in [0.2, 0.25) is 11.7 Å². The van der Waals surface area contributed by atoms with Gasteiger partial charge in [-0.05, 0) is 6.07 Å². The molecule has 1 amide bonds. The topological polar surface area (TPSA) is 56.8 Å². The van der Waals surface area contributed by atoms with Crippen molar-refractivity contribution in [3.63, 3.8) is 0 Å². The molecule has 1 aliphatic heterocycles. The van der Waals surface area contributed by atoms with Crippen molar-refractivity contribution in [1.82, 2.24) is 5.32 Å². The highest BCUT2D eigenvalue weighted by Gasteiger charge is 2.39. The Morgan fingerprint density at radius 2 is 2.10 bits per heavy atom. The molecule has 0 spiro atoms. The van der Waals surface area contributed by atoms with Gasteiger partial charge in [-0.15, -0.1) is 0 Å². The van der Waals surface area contributed by atoms with Crippen LogP contribution >= 0.6 is 0 Å². The SMILES string of the molecule is COCC1(CC(=O)NCc2ccc(F)cc2F)OCCO1. The molecule has 1 saturated heterocycles. The zero-order valence-corrected chi connectivity index (χ0v) is 11.7. The van der Waals surface area contributed by atoms with Gasteiger partial charge in [0, 0.05) is 25.3 Å². The maximum absolute atomic E-state index is 13.4. The standard InChI is InChI=1S/C14H17F2NO4/c1-19-9-14(20-4-5-21-14)7-13(18)17-8-10-2-3-11(15)6-12(10)16/h2-3,6H,4-5,7-9H2,1H3,(H,17,18). The molecule has 1 aliphatic rings. The van der Waals surface area contributed by atoms with E-state index in [0.29, 0.717) is 13.2 Å². The van der Waals surface area contributed by atoms with Gasteiger partial charge in [-0.2, -0.15) is 0 Å². The zero-order chi connectivity index (χ0) is 15.3. The molecule has 1 fully saturated rings. The summed E-state index contributed by atoms with van der Waals surface area (Å²) >= 11 is 0. The van der Waals surface area contributed by atoms with E-state index in [2.05, 4.69) is 5.32 Å². The average molecular weight is 301 g/mol. The number of rotatable bonds is 6. The molecule has 0 radical (unpaired) electrons. The van der Waals surface area contributed by atoms with Crippen LogP contribution in [0.5, 0.6) is 0 Å². The molecule has 1 aromatic rings. The molecule has 21 heavy (non-hydrogen) atoms. The number of carbonyl (C=O) groups is 1. The summed E-state index contributed by atoms with van der Waals surface area (Å²) < 4.78 is 42.0. The molecule has 1 aromatic carbocycles. The van der Waals surface area contributed by atoms with Gasteiger partial charge >= 0.3 is 0 Å². The lowest BCUT2D eigenvalue weighted by Gasteiger charge is -2.25. The van der Waals surface area contributed by atoms with Crippen molar-refractivity contribution in [1.29, 1.82) is 0 Å². The van der Waals surface area contributed by atoms with Crippen LogP contribution < -0.4 is 5.32 Å². The monoisotopic (exact) mass is 301 g/mol. The van der Waals surface area contributed by atoms with Crippen LogP contribution in [0.3, 0.4) is 0 Å². The summed E-state index contributed by atoms with van der Waals surface area (Å²) in [6.45, 7) is 0.881. The van der Waals surface area contributed by atoms with E-state index >= 15 is 0 Å². The first-order valence-electron chi connectivity index (χ1n) is 6.52. The first kappa shape index (κ1) is 15.8. The van der Waals surface area contributed by atoms with Gasteiger partial charge in [-0.1, -0.05) is 6.07 Å². The van der Waals surface area contributed by atoms with E-state index in [1.54, 1.807) is 0 Å². The van der Waals surface area contributed by atoms with E-state index < -0.39 is 17.4 Å². The minimum Gasteiger partial charge on any atom is -0.379 e.